The fraction of sp³-hybridized carbons (Fsp3) is 0.417. The molecule has 1 heterocycles. The number of amides is 1. The van der Waals surface area contributed by atoms with E-state index in [1.165, 1.54) is 18.2 Å². The number of nitrogen functional groups attached to an aromatic ring is 1. The van der Waals surface area contributed by atoms with Crippen LogP contribution in [0.25, 0.3) is 0 Å². The van der Waals surface area contributed by atoms with Crippen molar-refractivity contribution in [3.05, 3.63) is 33.9 Å². The van der Waals surface area contributed by atoms with Crippen LogP contribution in [0.3, 0.4) is 0 Å². The van der Waals surface area contributed by atoms with Crippen molar-refractivity contribution >= 4 is 29.0 Å². The predicted octanol–water partition coefficient (Wildman–Crippen LogP) is 1.36. The van der Waals surface area contributed by atoms with E-state index >= 15 is 0 Å². The molecule has 1 aromatic rings. The van der Waals surface area contributed by atoms with Crippen LogP contribution in [0.15, 0.2) is 18.2 Å². The lowest BCUT2D eigenvalue weighted by Gasteiger charge is -2.10. The Bertz CT molecular complexity index is 517. The minimum absolute atomic E-state index is 0.124. The van der Waals surface area contributed by atoms with Crippen molar-refractivity contribution in [2.45, 2.75) is 6.42 Å². The van der Waals surface area contributed by atoms with Gasteiger partial charge in [-0.05, 0) is 36.0 Å². The number of benzene rings is 1. The van der Waals surface area contributed by atoms with Crippen LogP contribution in [0.1, 0.15) is 16.8 Å². The van der Waals surface area contributed by atoms with Crippen molar-refractivity contribution < 1.29 is 9.72 Å². The highest BCUT2D eigenvalue weighted by atomic mass is 32.2. The zero-order chi connectivity index (χ0) is 14.5. The van der Waals surface area contributed by atoms with Crippen molar-refractivity contribution in [3.8, 4) is 0 Å². The third-order valence-corrected chi connectivity index (χ3v) is 4.42. The highest BCUT2D eigenvalue weighted by Crippen LogP contribution is 2.25. The summed E-state index contributed by atoms with van der Waals surface area (Å²) >= 11 is 1.89. The molecule has 0 aromatic heterocycles. The predicted molar refractivity (Wildman–Crippen MR) is 78.7 cm³/mol. The molecule has 0 bridgehead atoms. The molecular formula is C12H16N4O3S. The second-order valence-electron chi connectivity index (χ2n) is 4.57. The first-order chi connectivity index (χ1) is 9.61. The number of nitrogens with two attached hydrogens (primary N) is 1. The SMILES string of the molecule is NNc1cc(C(=O)NCC2CCSC2)ccc1[N+](=O)[O-]. The number of nitrogens with one attached hydrogen (secondary N) is 2. The molecule has 1 fully saturated rings. The summed E-state index contributed by atoms with van der Waals surface area (Å²) in [6, 6.07) is 4.09. The van der Waals surface area contributed by atoms with E-state index in [9.17, 15) is 14.9 Å². The van der Waals surface area contributed by atoms with Crippen LogP contribution >= 0.6 is 11.8 Å². The van der Waals surface area contributed by atoms with Crippen molar-refractivity contribution in [1.82, 2.24) is 5.32 Å². The van der Waals surface area contributed by atoms with E-state index in [-0.39, 0.29) is 17.3 Å². The van der Waals surface area contributed by atoms with Crippen molar-refractivity contribution in [2.24, 2.45) is 11.8 Å². The number of carbonyl (C=O) groups excluding carboxylic acids is 1. The third-order valence-electron chi connectivity index (χ3n) is 3.19. The largest absolute Gasteiger partial charge is 0.352 e. The molecule has 2 rings (SSSR count). The lowest BCUT2D eigenvalue weighted by molar-refractivity contribution is -0.384. The monoisotopic (exact) mass is 296 g/mol. The van der Waals surface area contributed by atoms with Crippen LogP contribution in [0.4, 0.5) is 11.4 Å². The van der Waals surface area contributed by atoms with Gasteiger partial charge >= 0.3 is 0 Å². The minimum atomic E-state index is -0.549. The Morgan fingerprint density at radius 3 is 2.95 bits per heavy atom. The lowest BCUT2D eigenvalue weighted by Crippen LogP contribution is -2.29. The summed E-state index contributed by atoms with van der Waals surface area (Å²) in [6.07, 6.45) is 1.11. The number of nitro benzene ring substituents is 1. The molecule has 20 heavy (non-hydrogen) atoms. The molecule has 0 spiro atoms. The first-order valence-corrected chi connectivity index (χ1v) is 7.38. The van der Waals surface area contributed by atoms with Gasteiger partial charge < -0.3 is 10.7 Å². The van der Waals surface area contributed by atoms with E-state index in [0.717, 1.165) is 17.9 Å². The topological polar surface area (TPSA) is 110 Å². The third kappa shape index (κ3) is 3.40. The van der Waals surface area contributed by atoms with Gasteiger partial charge in [0.05, 0.1) is 4.92 Å². The normalized spacial score (nSPS) is 17.8. The standard InChI is InChI=1S/C12H16N4O3S/c13-15-10-5-9(1-2-11(10)16(18)19)12(17)14-6-8-3-4-20-7-8/h1-2,5,8,15H,3-4,6-7,13H2,(H,14,17). The summed E-state index contributed by atoms with van der Waals surface area (Å²) < 4.78 is 0. The van der Waals surface area contributed by atoms with Crippen molar-refractivity contribution in [1.29, 1.82) is 0 Å². The van der Waals surface area contributed by atoms with Gasteiger partial charge in [-0.2, -0.15) is 11.8 Å². The first-order valence-electron chi connectivity index (χ1n) is 6.23. The molecule has 1 atom stereocenters. The maximum atomic E-state index is 12.0. The molecule has 0 saturated carbocycles. The Labute approximate surface area is 120 Å². The van der Waals surface area contributed by atoms with E-state index < -0.39 is 4.92 Å². The molecule has 1 aliphatic rings. The summed E-state index contributed by atoms with van der Waals surface area (Å²) in [5, 5.41) is 13.6. The molecule has 7 nitrogen and oxygen atoms in total. The second-order valence-corrected chi connectivity index (χ2v) is 5.72. The molecule has 1 amide bonds. The molecule has 1 unspecified atom stereocenters. The molecule has 108 valence electrons. The van der Waals surface area contributed by atoms with Gasteiger partial charge in [-0.1, -0.05) is 0 Å². The van der Waals surface area contributed by atoms with Crippen LogP contribution in [0.5, 0.6) is 0 Å². The van der Waals surface area contributed by atoms with E-state index in [2.05, 4.69) is 10.7 Å². The van der Waals surface area contributed by atoms with E-state index in [1.54, 1.807) is 0 Å². The quantitative estimate of drug-likeness (QED) is 0.430. The Balaban J connectivity index is 2.03. The lowest BCUT2D eigenvalue weighted by atomic mass is 10.1. The van der Waals surface area contributed by atoms with Gasteiger partial charge in [-0.3, -0.25) is 20.8 Å². The number of thioether (sulfide) groups is 1. The zero-order valence-electron chi connectivity index (χ0n) is 10.8. The number of anilines is 1. The van der Waals surface area contributed by atoms with Gasteiger partial charge in [0.25, 0.3) is 11.6 Å². The van der Waals surface area contributed by atoms with Gasteiger partial charge in [-0.25, -0.2) is 0 Å². The van der Waals surface area contributed by atoms with Crippen LogP contribution in [-0.4, -0.2) is 28.9 Å². The van der Waals surface area contributed by atoms with Gasteiger partial charge in [0, 0.05) is 18.2 Å². The molecule has 1 aliphatic heterocycles. The number of carbonyl (C=O) groups is 1. The number of nitro groups is 1. The highest BCUT2D eigenvalue weighted by molar-refractivity contribution is 7.99. The fourth-order valence-electron chi connectivity index (χ4n) is 2.04. The van der Waals surface area contributed by atoms with E-state index in [0.29, 0.717) is 18.0 Å². The molecule has 1 aromatic carbocycles. The molecular weight excluding hydrogens is 280 g/mol. The maximum Gasteiger partial charge on any atom is 0.293 e. The van der Waals surface area contributed by atoms with Crippen LogP contribution < -0.4 is 16.6 Å². The van der Waals surface area contributed by atoms with Gasteiger partial charge in [0.2, 0.25) is 0 Å². The second kappa shape index (κ2) is 6.58. The van der Waals surface area contributed by atoms with Gasteiger partial charge in [0.15, 0.2) is 0 Å². The summed E-state index contributed by atoms with van der Waals surface area (Å²) in [4.78, 5) is 22.2. The number of hydrogen-bond donors (Lipinski definition) is 3. The molecule has 1 saturated heterocycles. The molecule has 4 N–H and O–H groups in total. The Morgan fingerprint density at radius 1 is 1.55 bits per heavy atom. The highest BCUT2D eigenvalue weighted by Gasteiger charge is 2.19. The Kier molecular flexibility index (Phi) is 4.80. The molecule has 8 heteroatoms. The fourth-order valence-corrected chi connectivity index (χ4v) is 3.32. The van der Waals surface area contributed by atoms with E-state index in [1.807, 2.05) is 11.8 Å². The molecule has 0 radical (unpaired) electrons. The summed E-state index contributed by atoms with van der Waals surface area (Å²) in [5.74, 6) is 7.71. The van der Waals surface area contributed by atoms with Crippen molar-refractivity contribution in [3.63, 3.8) is 0 Å². The van der Waals surface area contributed by atoms with E-state index in [4.69, 9.17) is 5.84 Å². The molecule has 0 aliphatic carbocycles. The maximum absolute atomic E-state index is 12.0. The Morgan fingerprint density at radius 2 is 2.35 bits per heavy atom. The van der Waals surface area contributed by atoms with Crippen LogP contribution in [0.2, 0.25) is 0 Å². The smallest absolute Gasteiger partial charge is 0.293 e. The van der Waals surface area contributed by atoms with Gasteiger partial charge in [0.1, 0.15) is 5.69 Å². The van der Waals surface area contributed by atoms with Crippen LogP contribution in [-0.2, 0) is 0 Å². The summed E-state index contributed by atoms with van der Waals surface area (Å²) in [6.45, 7) is 0.633. The average Bonchev–Trinajstić information content (AvgIpc) is 2.97. The number of hydrogen-bond acceptors (Lipinski definition) is 6. The first kappa shape index (κ1) is 14.6. The van der Waals surface area contributed by atoms with Gasteiger partial charge in [-0.15, -0.1) is 0 Å². The minimum Gasteiger partial charge on any atom is -0.352 e. The average molecular weight is 296 g/mol. The number of hydrazine groups is 1. The summed E-state index contributed by atoms with van der Waals surface area (Å²) in [5.41, 5.74) is 2.57. The summed E-state index contributed by atoms with van der Waals surface area (Å²) in [7, 11) is 0. The zero-order valence-corrected chi connectivity index (χ0v) is 11.6. The Hall–Kier alpha value is -1.80. The number of nitrogens with zero attached hydrogens (tertiary/aromatic N) is 1. The van der Waals surface area contributed by atoms with Crippen molar-refractivity contribution in [2.75, 3.05) is 23.5 Å². The van der Waals surface area contributed by atoms with Crippen LogP contribution in [0, 0.1) is 16.0 Å². The number of rotatable bonds is 5.